The van der Waals surface area contributed by atoms with E-state index >= 15 is 0 Å². The largest absolute Gasteiger partial charge is 0.491 e. The number of para-hydroxylation sites is 1. The molecule has 0 aliphatic carbocycles. The van der Waals surface area contributed by atoms with Crippen molar-refractivity contribution in [3.63, 3.8) is 0 Å². The highest BCUT2D eigenvalue weighted by Crippen LogP contribution is 2.54. The molecule has 1 spiro atoms. The van der Waals surface area contributed by atoms with Crippen molar-refractivity contribution in [2.24, 2.45) is 5.41 Å². The maximum absolute atomic E-state index is 13.9. The lowest BCUT2D eigenvalue weighted by Crippen LogP contribution is -2.43. The summed E-state index contributed by atoms with van der Waals surface area (Å²) in [5, 5.41) is 3.52. The number of benzene rings is 2. The van der Waals surface area contributed by atoms with Crippen molar-refractivity contribution in [3.05, 3.63) is 47.5 Å². The van der Waals surface area contributed by atoms with Gasteiger partial charge in [0.1, 0.15) is 17.8 Å². The summed E-state index contributed by atoms with van der Waals surface area (Å²) in [5.41, 5.74) is 2.38. The Labute approximate surface area is 183 Å². The fraction of sp³-hybridized carbons (Fsp3) is 0.480. The number of nitrogens with zero attached hydrogens (tertiary/aromatic N) is 1. The molecule has 0 saturated carbocycles. The SMILES string of the molecule is CC(C)(C)CCNCCCN1C(=O)C2(COc3cc4c(cc32)OCO4)c2ccccc21. The normalized spacial score (nSPS) is 20.9. The number of carbonyl (C=O) groups is 1. The molecule has 3 heterocycles. The number of anilines is 1. The van der Waals surface area contributed by atoms with Crippen LogP contribution in [0.5, 0.6) is 17.2 Å². The van der Waals surface area contributed by atoms with Crippen molar-refractivity contribution < 1.29 is 19.0 Å². The molecule has 1 unspecified atom stereocenters. The van der Waals surface area contributed by atoms with Crippen LogP contribution in [0.1, 0.15) is 44.7 Å². The molecule has 0 fully saturated rings. The van der Waals surface area contributed by atoms with Crippen LogP contribution in [0.15, 0.2) is 36.4 Å². The first-order chi connectivity index (χ1) is 14.9. The summed E-state index contributed by atoms with van der Waals surface area (Å²) in [4.78, 5) is 15.8. The van der Waals surface area contributed by atoms with Gasteiger partial charge in [-0.15, -0.1) is 0 Å². The van der Waals surface area contributed by atoms with Gasteiger partial charge in [0.25, 0.3) is 0 Å². The van der Waals surface area contributed by atoms with Crippen LogP contribution in [-0.2, 0) is 10.2 Å². The van der Waals surface area contributed by atoms with Crippen molar-refractivity contribution in [1.29, 1.82) is 0 Å². The van der Waals surface area contributed by atoms with Crippen molar-refractivity contribution in [2.45, 2.75) is 39.0 Å². The zero-order valence-electron chi connectivity index (χ0n) is 18.5. The molecule has 0 bridgehead atoms. The Bertz CT molecular complexity index is 1010. The van der Waals surface area contributed by atoms with E-state index in [2.05, 4.69) is 32.2 Å². The van der Waals surface area contributed by atoms with Crippen LogP contribution in [-0.4, -0.2) is 38.9 Å². The number of ether oxygens (including phenoxy) is 3. The highest BCUT2D eigenvalue weighted by atomic mass is 16.7. The van der Waals surface area contributed by atoms with Crippen LogP contribution in [0.4, 0.5) is 5.69 Å². The van der Waals surface area contributed by atoms with Crippen LogP contribution in [0.25, 0.3) is 0 Å². The maximum Gasteiger partial charge on any atom is 0.245 e. The number of fused-ring (bicyclic) bond motifs is 5. The molecule has 0 radical (unpaired) electrons. The molecular weight excluding hydrogens is 392 g/mol. The molecule has 2 aromatic carbocycles. The van der Waals surface area contributed by atoms with E-state index in [0.29, 0.717) is 35.8 Å². The Kier molecular flexibility index (Phi) is 4.85. The summed E-state index contributed by atoms with van der Waals surface area (Å²) >= 11 is 0. The molecular formula is C25H30N2O4. The molecule has 1 amide bonds. The van der Waals surface area contributed by atoms with Gasteiger partial charge in [0.2, 0.25) is 12.7 Å². The molecule has 3 aliphatic heterocycles. The third kappa shape index (κ3) is 3.33. The molecule has 5 rings (SSSR count). The maximum atomic E-state index is 13.9. The minimum absolute atomic E-state index is 0.0843. The van der Waals surface area contributed by atoms with E-state index in [1.807, 2.05) is 35.2 Å². The quantitative estimate of drug-likeness (QED) is 0.717. The van der Waals surface area contributed by atoms with Crippen molar-refractivity contribution >= 4 is 11.6 Å². The lowest BCUT2D eigenvalue weighted by molar-refractivity contribution is -0.122. The first kappa shape index (κ1) is 20.2. The minimum atomic E-state index is -0.813. The lowest BCUT2D eigenvalue weighted by Gasteiger charge is -2.23. The van der Waals surface area contributed by atoms with Crippen LogP contribution < -0.4 is 24.4 Å². The summed E-state index contributed by atoms with van der Waals surface area (Å²) in [5.74, 6) is 2.14. The van der Waals surface area contributed by atoms with E-state index in [0.717, 1.165) is 42.7 Å². The van der Waals surface area contributed by atoms with Gasteiger partial charge in [0.05, 0.1) is 0 Å². The Morgan fingerprint density at radius 1 is 1.00 bits per heavy atom. The summed E-state index contributed by atoms with van der Waals surface area (Å²) in [6.45, 7) is 9.82. The van der Waals surface area contributed by atoms with Crippen molar-refractivity contribution in [2.75, 3.05) is 37.9 Å². The van der Waals surface area contributed by atoms with Gasteiger partial charge in [0.15, 0.2) is 11.5 Å². The Morgan fingerprint density at radius 3 is 2.58 bits per heavy atom. The zero-order chi connectivity index (χ0) is 21.6. The predicted octanol–water partition coefficient (Wildman–Crippen LogP) is 3.86. The van der Waals surface area contributed by atoms with E-state index in [9.17, 15) is 4.79 Å². The summed E-state index contributed by atoms with van der Waals surface area (Å²) in [6, 6.07) is 11.9. The third-order valence-electron chi connectivity index (χ3n) is 6.43. The molecule has 0 saturated heterocycles. The molecule has 6 heteroatoms. The molecule has 3 aliphatic rings. The minimum Gasteiger partial charge on any atom is -0.491 e. The number of hydrogen-bond acceptors (Lipinski definition) is 5. The van der Waals surface area contributed by atoms with Crippen molar-refractivity contribution in [1.82, 2.24) is 5.32 Å². The number of amides is 1. The Morgan fingerprint density at radius 2 is 1.77 bits per heavy atom. The van der Waals surface area contributed by atoms with Gasteiger partial charge in [0, 0.05) is 23.9 Å². The van der Waals surface area contributed by atoms with Gasteiger partial charge in [-0.2, -0.15) is 0 Å². The molecule has 1 N–H and O–H groups in total. The Hall–Kier alpha value is -2.73. The monoisotopic (exact) mass is 422 g/mol. The van der Waals surface area contributed by atoms with E-state index in [1.54, 1.807) is 0 Å². The smallest absolute Gasteiger partial charge is 0.245 e. The highest BCUT2D eigenvalue weighted by Gasteiger charge is 2.57. The second-order valence-electron chi connectivity index (χ2n) is 9.78. The zero-order valence-corrected chi connectivity index (χ0v) is 18.5. The van der Waals surface area contributed by atoms with E-state index in [1.165, 1.54) is 0 Å². The molecule has 31 heavy (non-hydrogen) atoms. The number of rotatable bonds is 6. The first-order valence-electron chi connectivity index (χ1n) is 11.1. The topological polar surface area (TPSA) is 60.0 Å². The average molecular weight is 423 g/mol. The fourth-order valence-electron chi connectivity index (χ4n) is 4.74. The van der Waals surface area contributed by atoms with Crippen LogP contribution in [0, 0.1) is 5.41 Å². The highest BCUT2D eigenvalue weighted by molar-refractivity contribution is 6.11. The molecule has 2 aromatic rings. The standard InChI is InChI=1S/C25H30N2O4/c1-24(2,3)9-11-26-10-6-12-27-19-8-5-4-7-17(19)25(23(27)28)15-29-20-14-22-21(13-18(20)25)30-16-31-22/h4-5,7-8,13-14,26H,6,9-12,15-16H2,1-3H3. The van der Waals surface area contributed by atoms with Crippen LogP contribution >= 0.6 is 0 Å². The van der Waals surface area contributed by atoms with Gasteiger partial charge < -0.3 is 24.4 Å². The third-order valence-corrected chi connectivity index (χ3v) is 6.43. The van der Waals surface area contributed by atoms with Gasteiger partial charge in [-0.05, 0) is 49.0 Å². The molecule has 1 atom stereocenters. The lowest BCUT2D eigenvalue weighted by atomic mass is 9.77. The van der Waals surface area contributed by atoms with Gasteiger partial charge in [-0.25, -0.2) is 0 Å². The summed E-state index contributed by atoms with van der Waals surface area (Å²) in [6.07, 6.45) is 2.03. The van der Waals surface area contributed by atoms with Crippen molar-refractivity contribution in [3.8, 4) is 17.2 Å². The van der Waals surface area contributed by atoms with Gasteiger partial charge in [-0.1, -0.05) is 39.0 Å². The fourth-order valence-corrected chi connectivity index (χ4v) is 4.74. The number of hydrogen-bond donors (Lipinski definition) is 1. The first-order valence-corrected chi connectivity index (χ1v) is 11.1. The second-order valence-corrected chi connectivity index (χ2v) is 9.78. The predicted molar refractivity (Wildman–Crippen MR) is 119 cm³/mol. The molecule has 0 aromatic heterocycles. The number of nitrogens with one attached hydrogen (secondary N) is 1. The Balaban J connectivity index is 1.37. The molecule has 6 nitrogen and oxygen atoms in total. The van der Waals surface area contributed by atoms with Gasteiger partial charge >= 0.3 is 0 Å². The van der Waals surface area contributed by atoms with E-state index in [4.69, 9.17) is 14.2 Å². The van der Waals surface area contributed by atoms with Gasteiger partial charge in [-0.3, -0.25) is 4.79 Å². The average Bonchev–Trinajstić information content (AvgIpc) is 3.40. The summed E-state index contributed by atoms with van der Waals surface area (Å²) < 4.78 is 17.1. The second kappa shape index (κ2) is 7.45. The van der Waals surface area contributed by atoms with E-state index in [-0.39, 0.29) is 12.7 Å². The number of carbonyl (C=O) groups excluding carboxylic acids is 1. The van der Waals surface area contributed by atoms with E-state index < -0.39 is 5.41 Å². The summed E-state index contributed by atoms with van der Waals surface area (Å²) in [7, 11) is 0. The van der Waals surface area contributed by atoms with Crippen LogP contribution in [0.3, 0.4) is 0 Å². The van der Waals surface area contributed by atoms with Crippen LogP contribution in [0.2, 0.25) is 0 Å². The molecule has 164 valence electrons.